The number of para-hydroxylation sites is 1. The fraction of sp³-hybridized carbons (Fsp3) is 0.531. The van der Waals surface area contributed by atoms with Crippen molar-refractivity contribution in [2.24, 2.45) is 17.1 Å². The lowest BCUT2D eigenvalue weighted by Crippen LogP contribution is -2.59. The molecular weight excluding hydrogens is 506 g/mol. The molecule has 2 heterocycles. The van der Waals surface area contributed by atoms with Gasteiger partial charge in [-0.2, -0.15) is 0 Å². The van der Waals surface area contributed by atoms with Crippen LogP contribution in [0.3, 0.4) is 0 Å². The zero-order valence-electron chi connectivity index (χ0n) is 24.0. The quantitative estimate of drug-likeness (QED) is 0.462. The first-order chi connectivity index (χ1) is 19.1. The summed E-state index contributed by atoms with van der Waals surface area (Å²) in [4.78, 5) is 42.3. The molecule has 3 atom stereocenters. The van der Waals surface area contributed by atoms with Gasteiger partial charge in [-0.15, -0.1) is 0 Å². The molecule has 2 aliphatic heterocycles. The molecule has 0 bridgehead atoms. The summed E-state index contributed by atoms with van der Waals surface area (Å²) >= 11 is 0. The standard InChI is InChI=1S/C32H43N3O5/c1-4-39-30(38)32(21-23-11-6-5-7-12-23)16-10-17-35(22-32)28(36)26(34-29(37)31(2,3)33)20-24-15-18-40-27-14-9-8-13-25(27)19-24/h5-9,11-14,24,26H,4,10,15-22,33H2,1-3H3,(H,34,37)/t24?,26-,32?/m1/s1. The smallest absolute Gasteiger partial charge is 0.314 e. The van der Waals surface area contributed by atoms with Gasteiger partial charge in [-0.25, -0.2) is 0 Å². The molecule has 1 saturated heterocycles. The van der Waals surface area contributed by atoms with E-state index >= 15 is 0 Å². The lowest BCUT2D eigenvalue weighted by atomic mass is 9.74. The van der Waals surface area contributed by atoms with E-state index in [1.54, 1.807) is 25.7 Å². The lowest BCUT2D eigenvalue weighted by molar-refractivity contribution is -0.161. The third-order valence-corrected chi connectivity index (χ3v) is 8.00. The van der Waals surface area contributed by atoms with Crippen LogP contribution in [0.15, 0.2) is 54.6 Å². The molecule has 40 heavy (non-hydrogen) atoms. The van der Waals surface area contributed by atoms with Crippen LogP contribution < -0.4 is 15.8 Å². The maximum absolute atomic E-state index is 14.2. The van der Waals surface area contributed by atoms with Crippen LogP contribution in [-0.4, -0.2) is 60.6 Å². The highest BCUT2D eigenvalue weighted by Gasteiger charge is 2.46. The number of carbonyl (C=O) groups is 3. The highest BCUT2D eigenvalue weighted by atomic mass is 16.5. The number of hydrogen-bond acceptors (Lipinski definition) is 6. The first-order valence-corrected chi connectivity index (χ1v) is 14.4. The lowest BCUT2D eigenvalue weighted by Gasteiger charge is -2.42. The van der Waals surface area contributed by atoms with Crippen LogP contribution in [0.2, 0.25) is 0 Å². The summed E-state index contributed by atoms with van der Waals surface area (Å²) in [5.41, 5.74) is 6.25. The first kappa shape index (κ1) is 29.6. The Morgan fingerprint density at radius 3 is 2.60 bits per heavy atom. The van der Waals surface area contributed by atoms with Gasteiger partial charge in [-0.3, -0.25) is 14.4 Å². The Morgan fingerprint density at radius 2 is 1.88 bits per heavy atom. The summed E-state index contributed by atoms with van der Waals surface area (Å²) in [6.07, 6.45) is 3.77. The van der Waals surface area contributed by atoms with Gasteiger partial charge in [-0.05, 0) is 82.4 Å². The van der Waals surface area contributed by atoms with Crippen molar-refractivity contribution in [1.82, 2.24) is 10.2 Å². The number of amides is 2. The second-order valence-corrected chi connectivity index (χ2v) is 11.8. The Kier molecular flexibility index (Phi) is 9.51. The molecule has 0 saturated carbocycles. The average Bonchev–Trinajstić information content (AvgIpc) is 3.14. The van der Waals surface area contributed by atoms with Crippen LogP contribution in [0.4, 0.5) is 0 Å². The fourth-order valence-corrected chi connectivity index (χ4v) is 5.86. The second-order valence-electron chi connectivity index (χ2n) is 11.8. The Morgan fingerprint density at radius 1 is 1.15 bits per heavy atom. The maximum atomic E-state index is 14.2. The van der Waals surface area contributed by atoms with E-state index in [1.165, 1.54) is 0 Å². The van der Waals surface area contributed by atoms with Crippen LogP contribution in [0.5, 0.6) is 5.75 Å². The zero-order valence-corrected chi connectivity index (χ0v) is 24.0. The van der Waals surface area contributed by atoms with Crippen molar-refractivity contribution in [2.75, 3.05) is 26.3 Å². The van der Waals surface area contributed by atoms with E-state index in [-0.39, 0.29) is 36.9 Å². The molecule has 0 aromatic heterocycles. The van der Waals surface area contributed by atoms with Gasteiger partial charge in [-0.1, -0.05) is 48.5 Å². The highest BCUT2D eigenvalue weighted by Crippen LogP contribution is 2.36. The van der Waals surface area contributed by atoms with Crippen LogP contribution in [0.1, 0.15) is 57.6 Å². The summed E-state index contributed by atoms with van der Waals surface area (Å²) in [7, 11) is 0. The van der Waals surface area contributed by atoms with Crippen LogP contribution in [0.25, 0.3) is 0 Å². The van der Waals surface area contributed by atoms with Crippen molar-refractivity contribution in [3.05, 3.63) is 65.7 Å². The highest BCUT2D eigenvalue weighted by molar-refractivity contribution is 5.92. The largest absolute Gasteiger partial charge is 0.493 e. The van der Waals surface area contributed by atoms with E-state index in [0.29, 0.717) is 38.8 Å². The van der Waals surface area contributed by atoms with Gasteiger partial charge in [0.2, 0.25) is 11.8 Å². The minimum absolute atomic E-state index is 0.128. The van der Waals surface area contributed by atoms with E-state index in [4.69, 9.17) is 15.2 Å². The number of nitrogens with zero attached hydrogens (tertiary/aromatic N) is 1. The van der Waals surface area contributed by atoms with Crippen molar-refractivity contribution < 1.29 is 23.9 Å². The molecule has 0 aliphatic carbocycles. The van der Waals surface area contributed by atoms with Crippen molar-refractivity contribution in [1.29, 1.82) is 0 Å². The zero-order chi connectivity index (χ0) is 28.8. The van der Waals surface area contributed by atoms with Gasteiger partial charge >= 0.3 is 5.97 Å². The number of rotatable bonds is 9. The van der Waals surface area contributed by atoms with Crippen molar-refractivity contribution in [3.8, 4) is 5.75 Å². The number of carbonyl (C=O) groups excluding carboxylic acids is 3. The topological polar surface area (TPSA) is 111 Å². The van der Waals surface area contributed by atoms with Crippen LogP contribution in [0, 0.1) is 11.3 Å². The number of esters is 1. The minimum Gasteiger partial charge on any atom is -0.493 e. The number of nitrogens with two attached hydrogens (primary N) is 1. The molecular formula is C32H43N3O5. The van der Waals surface area contributed by atoms with Gasteiger partial charge in [0.25, 0.3) is 0 Å². The number of hydrogen-bond donors (Lipinski definition) is 2. The Labute approximate surface area is 237 Å². The number of nitrogens with one attached hydrogen (secondary N) is 1. The number of fused-ring (bicyclic) bond motifs is 1. The van der Waals surface area contributed by atoms with Gasteiger partial charge < -0.3 is 25.4 Å². The summed E-state index contributed by atoms with van der Waals surface area (Å²) in [5.74, 6) is 0.156. The number of piperidine rings is 1. The Bertz CT molecular complexity index is 1180. The first-order valence-electron chi connectivity index (χ1n) is 14.4. The summed E-state index contributed by atoms with van der Waals surface area (Å²) < 4.78 is 11.5. The Balaban J connectivity index is 1.58. The van der Waals surface area contributed by atoms with Crippen LogP contribution in [-0.2, 0) is 32.0 Å². The molecule has 216 valence electrons. The third-order valence-electron chi connectivity index (χ3n) is 8.00. The number of likely N-dealkylation sites (tertiary alicyclic amines) is 1. The summed E-state index contributed by atoms with van der Waals surface area (Å²) in [6, 6.07) is 17.0. The predicted molar refractivity (Wildman–Crippen MR) is 154 cm³/mol. The molecule has 2 aromatic carbocycles. The fourth-order valence-electron chi connectivity index (χ4n) is 5.86. The molecule has 1 fully saturated rings. The van der Waals surface area contributed by atoms with Gasteiger partial charge in [0.15, 0.2) is 0 Å². The molecule has 2 unspecified atom stereocenters. The minimum atomic E-state index is -1.14. The molecule has 0 spiro atoms. The van der Waals surface area contributed by atoms with E-state index in [0.717, 1.165) is 29.7 Å². The normalized spacial score (nSPS) is 21.8. The third kappa shape index (κ3) is 7.22. The van der Waals surface area contributed by atoms with E-state index in [2.05, 4.69) is 5.32 Å². The van der Waals surface area contributed by atoms with Crippen LogP contribution >= 0.6 is 0 Å². The monoisotopic (exact) mass is 549 g/mol. The molecule has 8 heteroatoms. The van der Waals surface area contributed by atoms with Gasteiger partial charge in [0, 0.05) is 13.1 Å². The molecule has 4 rings (SSSR count). The van der Waals surface area contributed by atoms with E-state index in [9.17, 15) is 14.4 Å². The number of benzene rings is 2. The van der Waals surface area contributed by atoms with Crippen molar-refractivity contribution >= 4 is 17.8 Å². The molecule has 2 amide bonds. The average molecular weight is 550 g/mol. The van der Waals surface area contributed by atoms with Gasteiger partial charge in [0.1, 0.15) is 11.8 Å². The molecule has 0 radical (unpaired) electrons. The maximum Gasteiger partial charge on any atom is 0.314 e. The molecule has 2 aromatic rings. The van der Waals surface area contributed by atoms with E-state index < -0.39 is 17.0 Å². The number of ether oxygens (including phenoxy) is 2. The van der Waals surface area contributed by atoms with Crippen molar-refractivity contribution in [3.63, 3.8) is 0 Å². The van der Waals surface area contributed by atoms with Gasteiger partial charge in [0.05, 0.1) is 24.2 Å². The second kappa shape index (κ2) is 12.9. The van der Waals surface area contributed by atoms with E-state index in [1.807, 2.05) is 54.6 Å². The Hall–Kier alpha value is -3.39. The summed E-state index contributed by atoms with van der Waals surface area (Å²) in [6.45, 7) is 6.65. The predicted octanol–water partition coefficient (Wildman–Crippen LogP) is 3.65. The molecule has 2 aliphatic rings. The SMILES string of the molecule is CCOC(=O)C1(Cc2ccccc2)CCCN(C(=O)[C@@H](CC2CCOc3ccccc3C2)NC(=O)C(C)(C)N)C1. The molecule has 3 N–H and O–H groups in total. The molecule has 8 nitrogen and oxygen atoms in total. The summed E-state index contributed by atoms with van der Waals surface area (Å²) in [5, 5.41) is 2.97. The van der Waals surface area contributed by atoms with Crippen molar-refractivity contribution in [2.45, 2.75) is 70.9 Å².